The lowest BCUT2D eigenvalue weighted by Gasteiger charge is -2.25. The largest absolute Gasteiger partial charge is 0.351 e. The first-order chi connectivity index (χ1) is 8.29. The maximum atomic E-state index is 6.03. The standard InChI is InChI=1S/C10H13ClN6/c1-7-4-5-16(8(7)6-11)10-3-2-9-12-14-15-17(9)13-10/h2-3,7-8H,4-6H2,1H3. The lowest BCUT2D eigenvalue weighted by atomic mass is 10.1. The molecule has 0 N–H and O–H groups in total. The van der Waals surface area contributed by atoms with Crippen molar-refractivity contribution < 1.29 is 0 Å². The average Bonchev–Trinajstić information content (AvgIpc) is 2.93. The molecule has 1 fully saturated rings. The fraction of sp³-hybridized carbons (Fsp3) is 0.600. The van der Waals surface area contributed by atoms with Crippen LogP contribution in [0.1, 0.15) is 13.3 Å². The van der Waals surface area contributed by atoms with Crippen molar-refractivity contribution >= 4 is 23.1 Å². The molecule has 0 spiro atoms. The Bertz CT molecular complexity index is 526. The molecule has 2 aromatic heterocycles. The van der Waals surface area contributed by atoms with Crippen molar-refractivity contribution in [2.24, 2.45) is 5.92 Å². The van der Waals surface area contributed by atoms with Crippen LogP contribution in [0.15, 0.2) is 12.1 Å². The van der Waals surface area contributed by atoms with E-state index >= 15 is 0 Å². The summed E-state index contributed by atoms with van der Waals surface area (Å²) in [5.41, 5.74) is 0.656. The van der Waals surface area contributed by atoms with Crippen LogP contribution in [0.5, 0.6) is 0 Å². The van der Waals surface area contributed by atoms with E-state index in [4.69, 9.17) is 11.6 Å². The van der Waals surface area contributed by atoms with Gasteiger partial charge in [-0.2, -0.15) is 0 Å². The second-order valence-corrected chi connectivity index (χ2v) is 4.71. The molecule has 6 nitrogen and oxygen atoms in total. The molecular formula is C10H13ClN6. The Labute approximate surface area is 104 Å². The number of hydrogen-bond donors (Lipinski definition) is 0. The summed E-state index contributed by atoms with van der Waals surface area (Å²) in [7, 11) is 0. The van der Waals surface area contributed by atoms with Crippen LogP contribution >= 0.6 is 11.6 Å². The van der Waals surface area contributed by atoms with Crippen molar-refractivity contribution in [3.63, 3.8) is 0 Å². The van der Waals surface area contributed by atoms with Gasteiger partial charge in [0.25, 0.3) is 0 Å². The molecule has 0 aliphatic carbocycles. The molecule has 17 heavy (non-hydrogen) atoms. The Hall–Kier alpha value is -1.43. The summed E-state index contributed by atoms with van der Waals surface area (Å²) < 4.78 is 1.45. The first-order valence-electron chi connectivity index (χ1n) is 5.67. The molecule has 1 saturated heterocycles. The average molecular weight is 253 g/mol. The van der Waals surface area contributed by atoms with E-state index in [1.54, 1.807) is 0 Å². The summed E-state index contributed by atoms with van der Waals surface area (Å²) in [4.78, 5) is 2.23. The Morgan fingerprint density at radius 1 is 1.47 bits per heavy atom. The summed E-state index contributed by atoms with van der Waals surface area (Å²) >= 11 is 6.03. The number of rotatable bonds is 2. The van der Waals surface area contributed by atoms with Gasteiger partial charge in [0.2, 0.25) is 0 Å². The van der Waals surface area contributed by atoms with Gasteiger partial charge in [-0.25, -0.2) is 0 Å². The van der Waals surface area contributed by atoms with Crippen LogP contribution in [0.3, 0.4) is 0 Å². The highest BCUT2D eigenvalue weighted by molar-refractivity contribution is 6.18. The van der Waals surface area contributed by atoms with Crippen LogP contribution in [0.25, 0.3) is 5.65 Å². The van der Waals surface area contributed by atoms with Gasteiger partial charge in [-0.15, -0.1) is 26.4 Å². The number of aromatic nitrogens is 5. The summed E-state index contributed by atoms with van der Waals surface area (Å²) in [6.45, 7) is 3.21. The molecule has 0 bridgehead atoms. The number of fused-ring (bicyclic) bond motifs is 1. The van der Waals surface area contributed by atoms with Gasteiger partial charge in [0, 0.05) is 18.5 Å². The summed E-state index contributed by atoms with van der Waals surface area (Å²) in [5.74, 6) is 2.11. The Kier molecular flexibility index (Phi) is 2.58. The molecule has 7 heteroatoms. The van der Waals surface area contributed by atoms with Crippen molar-refractivity contribution in [2.75, 3.05) is 17.3 Å². The van der Waals surface area contributed by atoms with Crippen molar-refractivity contribution in [2.45, 2.75) is 19.4 Å². The third kappa shape index (κ3) is 1.72. The molecule has 2 atom stereocenters. The second-order valence-electron chi connectivity index (χ2n) is 4.40. The van der Waals surface area contributed by atoms with Crippen molar-refractivity contribution in [1.29, 1.82) is 0 Å². The van der Waals surface area contributed by atoms with Gasteiger partial charge in [-0.3, -0.25) is 0 Å². The zero-order valence-corrected chi connectivity index (χ0v) is 10.2. The highest BCUT2D eigenvalue weighted by Crippen LogP contribution is 2.28. The first kappa shape index (κ1) is 10.7. The van der Waals surface area contributed by atoms with E-state index in [1.807, 2.05) is 12.1 Å². The Morgan fingerprint density at radius 3 is 3.18 bits per heavy atom. The monoisotopic (exact) mass is 252 g/mol. The molecule has 0 radical (unpaired) electrons. The topological polar surface area (TPSA) is 59.2 Å². The highest BCUT2D eigenvalue weighted by atomic mass is 35.5. The van der Waals surface area contributed by atoms with Crippen LogP contribution in [0.4, 0.5) is 5.82 Å². The molecular weight excluding hydrogens is 240 g/mol. The molecule has 1 aliphatic rings. The van der Waals surface area contributed by atoms with Crippen LogP contribution in [-0.4, -0.2) is 43.7 Å². The molecule has 90 valence electrons. The van der Waals surface area contributed by atoms with Gasteiger partial charge in [0.05, 0.1) is 0 Å². The minimum atomic E-state index is 0.345. The minimum Gasteiger partial charge on any atom is -0.351 e. The van der Waals surface area contributed by atoms with E-state index in [-0.39, 0.29) is 0 Å². The third-order valence-corrected chi connectivity index (χ3v) is 3.71. The summed E-state index contributed by atoms with van der Waals surface area (Å²) in [6, 6.07) is 4.16. The summed E-state index contributed by atoms with van der Waals surface area (Å²) in [6.07, 6.45) is 1.15. The van der Waals surface area contributed by atoms with E-state index < -0.39 is 0 Å². The molecule has 0 aromatic carbocycles. The quantitative estimate of drug-likeness (QED) is 0.746. The number of alkyl halides is 1. The Balaban J connectivity index is 1.97. The maximum absolute atomic E-state index is 6.03. The SMILES string of the molecule is CC1CCN(c2ccc3nnnn3n2)C1CCl. The van der Waals surface area contributed by atoms with Gasteiger partial charge in [-0.1, -0.05) is 6.92 Å². The van der Waals surface area contributed by atoms with Crippen LogP contribution < -0.4 is 4.90 Å². The van der Waals surface area contributed by atoms with E-state index in [9.17, 15) is 0 Å². The maximum Gasteiger partial charge on any atom is 0.200 e. The van der Waals surface area contributed by atoms with Gasteiger partial charge in [0.1, 0.15) is 0 Å². The van der Waals surface area contributed by atoms with Gasteiger partial charge >= 0.3 is 0 Å². The van der Waals surface area contributed by atoms with Crippen LogP contribution in [0, 0.1) is 5.92 Å². The number of nitrogens with zero attached hydrogens (tertiary/aromatic N) is 6. The Morgan fingerprint density at radius 2 is 2.35 bits per heavy atom. The normalized spacial score (nSPS) is 24.7. The lowest BCUT2D eigenvalue weighted by molar-refractivity contribution is 0.546. The fourth-order valence-electron chi connectivity index (χ4n) is 2.32. The summed E-state index contributed by atoms with van der Waals surface area (Å²) in [5, 5.41) is 15.6. The van der Waals surface area contributed by atoms with E-state index in [0.29, 0.717) is 23.5 Å². The number of anilines is 1. The smallest absolute Gasteiger partial charge is 0.200 e. The molecule has 1 aliphatic heterocycles. The molecule has 3 heterocycles. The number of hydrogen-bond acceptors (Lipinski definition) is 5. The first-order valence-corrected chi connectivity index (χ1v) is 6.21. The van der Waals surface area contributed by atoms with Crippen molar-refractivity contribution in [3.05, 3.63) is 12.1 Å². The third-order valence-electron chi connectivity index (χ3n) is 3.39. The molecule has 0 saturated carbocycles. The minimum absolute atomic E-state index is 0.345. The number of tetrazole rings is 1. The van der Waals surface area contributed by atoms with E-state index in [2.05, 4.69) is 32.4 Å². The van der Waals surface area contributed by atoms with Gasteiger partial charge in [-0.05, 0) is 34.9 Å². The van der Waals surface area contributed by atoms with Crippen molar-refractivity contribution in [3.8, 4) is 0 Å². The van der Waals surface area contributed by atoms with Crippen molar-refractivity contribution in [1.82, 2.24) is 25.3 Å². The fourth-order valence-corrected chi connectivity index (χ4v) is 2.79. The van der Waals surface area contributed by atoms with Gasteiger partial charge < -0.3 is 4.90 Å². The van der Waals surface area contributed by atoms with E-state index in [0.717, 1.165) is 18.8 Å². The van der Waals surface area contributed by atoms with Gasteiger partial charge in [0.15, 0.2) is 11.5 Å². The second kappa shape index (κ2) is 4.10. The molecule has 0 amide bonds. The number of halogens is 1. The molecule has 3 rings (SSSR count). The zero-order chi connectivity index (χ0) is 11.8. The zero-order valence-electron chi connectivity index (χ0n) is 9.49. The predicted octanol–water partition coefficient (Wildman–Crippen LogP) is 0.973. The molecule has 2 unspecified atom stereocenters. The van der Waals surface area contributed by atoms with E-state index in [1.165, 1.54) is 4.63 Å². The molecule has 2 aromatic rings. The van der Waals surface area contributed by atoms with Crippen LogP contribution in [-0.2, 0) is 0 Å². The highest BCUT2D eigenvalue weighted by Gasteiger charge is 2.31. The predicted molar refractivity (Wildman–Crippen MR) is 64.2 cm³/mol. The van der Waals surface area contributed by atoms with Crippen LogP contribution in [0.2, 0.25) is 0 Å². The lowest BCUT2D eigenvalue weighted by Crippen LogP contribution is -2.34.